The maximum absolute atomic E-state index is 13.6. The number of hydrogen-bond donors (Lipinski definition) is 3. The van der Waals surface area contributed by atoms with Gasteiger partial charge in [-0.2, -0.15) is 0 Å². The van der Waals surface area contributed by atoms with Crippen molar-refractivity contribution in [3.63, 3.8) is 0 Å². The minimum atomic E-state index is -3.50. The van der Waals surface area contributed by atoms with E-state index >= 15 is 0 Å². The van der Waals surface area contributed by atoms with Crippen LogP contribution in [0.5, 0.6) is 5.75 Å². The molecule has 2 aromatic heterocycles. The first-order valence-electron chi connectivity index (χ1n) is 13.2. The molecule has 0 saturated carbocycles. The Morgan fingerprint density at radius 1 is 1.20 bits per heavy atom. The maximum atomic E-state index is 13.6. The van der Waals surface area contributed by atoms with E-state index in [0.29, 0.717) is 0 Å². The van der Waals surface area contributed by atoms with E-state index in [0.717, 1.165) is 10.4 Å². The summed E-state index contributed by atoms with van der Waals surface area (Å²) in [6.07, 6.45) is -2.47. The number of fused-ring (bicyclic) bond motifs is 1. The lowest BCUT2D eigenvalue weighted by Crippen LogP contribution is -2.45. The van der Waals surface area contributed by atoms with Crippen LogP contribution in [0.2, 0.25) is 0 Å². The Hall–Kier alpha value is -4.60. The summed E-state index contributed by atoms with van der Waals surface area (Å²) in [5.74, 6) is -0.458. The Bertz CT molecular complexity index is 1670. The molecule has 4 N–H and O–H groups in total. The van der Waals surface area contributed by atoms with Gasteiger partial charge in [0.25, 0.3) is 8.18 Å². The number of aliphatic hydroxyl groups is 2. The molecular formula is C26H28N9O8P. The minimum Gasteiger partial charge on any atom is -0.460 e. The van der Waals surface area contributed by atoms with Crippen LogP contribution in [0.3, 0.4) is 0 Å². The number of nitrogens with two attached hydrogens (primary N) is 1. The van der Waals surface area contributed by atoms with Gasteiger partial charge in [-0.3, -0.25) is 13.9 Å². The quantitative estimate of drug-likeness (QED) is 0.0513. The third kappa shape index (κ3) is 6.34. The summed E-state index contributed by atoms with van der Waals surface area (Å²) in [5.41, 5.74) is 14.0. The molecule has 17 nitrogen and oxygen atoms in total. The van der Waals surface area contributed by atoms with Gasteiger partial charge in [0.2, 0.25) is 5.72 Å². The molecule has 0 spiro atoms. The fraction of sp³-hybridized carbons (Fsp3) is 0.308. The monoisotopic (exact) mass is 625 g/mol. The van der Waals surface area contributed by atoms with Crippen LogP contribution in [-0.4, -0.2) is 71.1 Å². The molecule has 1 saturated heterocycles. The zero-order valence-corrected chi connectivity index (χ0v) is 24.2. The van der Waals surface area contributed by atoms with Gasteiger partial charge in [-0.1, -0.05) is 58.5 Å². The van der Waals surface area contributed by atoms with Gasteiger partial charge in [0.15, 0.2) is 17.7 Å². The number of imidazole rings is 1. The second-order valence-corrected chi connectivity index (χ2v) is 10.9. The van der Waals surface area contributed by atoms with E-state index in [1.165, 1.54) is 24.1 Å². The summed E-state index contributed by atoms with van der Waals surface area (Å²) >= 11 is 0. The highest BCUT2D eigenvalue weighted by Gasteiger charge is 2.56. The first kappa shape index (κ1) is 30.8. The van der Waals surface area contributed by atoms with Crippen molar-refractivity contribution < 1.29 is 38.4 Å². The van der Waals surface area contributed by atoms with Gasteiger partial charge in [-0.15, -0.1) is 0 Å². The fourth-order valence-electron chi connectivity index (χ4n) is 4.40. The lowest BCUT2D eigenvalue weighted by atomic mass is 10.1. The van der Waals surface area contributed by atoms with Crippen molar-refractivity contribution in [2.75, 3.05) is 12.3 Å². The summed E-state index contributed by atoms with van der Waals surface area (Å²) in [7, 11) is -3.50. The lowest BCUT2D eigenvalue weighted by Gasteiger charge is -2.29. The second-order valence-electron chi connectivity index (χ2n) is 9.62. The summed E-state index contributed by atoms with van der Waals surface area (Å²) < 4.78 is 31.6. The molecule has 18 heteroatoms. The van der Waals surface area contributed by atoms with Crippen molar-refractivity contribution in [3.05, 3.63) is 89.3 Å². The normalized spacial score (nSPS) is 22.8. The van der Waals surface area contributed by atoms with Gasteiger partial charge in [-0.05, 0) is 30.2 Å². The molecule has 1 aliphatic rings. The Balaban J connectivity index is 1.35. The third-order valence-corrected chi connectivity index (χ3v) is 7.95. The van der Waals surface area contributed by atoms with E-state index in [4.69, 9.17) is 24.6 Å². The van der Waals surface area contributed by atoms with Gasteiger partial charge >= 0.3 is 5.97 Å². The molecule has 0 aliphatic carbocycles. The predicted octanol–water partition coefficient (Wildman–Crippen LogP) is 2.50. The van der Waals surface area contributed by atoms with Gasteiger partial charge in [0.05, 0.1) is 12.9 Å². The molecule has 2 aromatic carbocycles. The van der Waals surface area contributed by atoms with Crippen molar-refractivity contribution in [1.82, 2.24) is 24.4 Å². The number of anilines is 1. The van der Waals surface area contributed by atoms with Crippen LogP contribution in [0.25, 0.3) is 21.6 Å². The molecule has 6 atom stereocenters. The Morgan fingerprint density at radius 3 is 2.61 bits per heavy atom. The van der Waals surface area contributed by atoms with Crippen LogP contribution in [0.1, 0.15) is 18.7 Å². The SMILES string of the molecule is CC(C(=O)OCc1ccccc1)N(Oc1ccccc1)[PH](=O)OC[C@@]1(N=[N+]=[N-])O[C@@H](n2cnc3c(N)ncnc32)[C@H](O)[C@@H]1O. The molecule has 0 radical (unpaired) electrons. The molecule has 0 bridgehead atoms. The largest absolute Gasteiger partial charge is 0.460 e. The summed E-state index contributed by atoms with van der Waals surface area (Å²) in [4.78, 5) is 34.3. The minimum absolute atomic E-state index is 0.0379. The number of ether oxygens (including phenoxy) is 2. The number of azide groups is 1. The van der Waals surface area contributed by atoms with Gasteiger partial charge in [0, 0.05) is 4.91 Å². The van der Waals surface area contributed by atoms with Crippen molar-refractivity contribution in [1.29, 1.82) is 0 Å². The fourth-order valence-corrected chi connectivity index (χ4v) is 5.46. The molecule has 3 heterocycles. The predicted molar refractivity (Wildman–Crippen MR) is 153 cm³/mol. The first-order chi connectivity index (χ1) is 21.2. The number of carbonyl (C=O) groups is 1. The van der Waals surface area contributed by atoms with E-state index in [1.807, 2.05) is 6.07 Å². The van der Waals surface area contributed by atoms with Crippen molar-refractivity contribution in [2.45, 2.75) is 43.7 Å². The van der Waals surface area contributed by atoms with E-state index in [1.54, 1.807) is 54.6 Å². The van der Waals surface area contributed by atoms with Crippen LogP contribution >= 0.6 is 8.18 Å². The zero-order valence-electron chi connectivity index (χ0n) is 23.2. The Morgan fingerprint density at radius 2 is 1.91 bits per heavy atom. The number of carbonyl (C=O) groups excluding carboxylic acids is 1. The second kappa shape index (κ2) is 13.4. The van der Waals surface area contributed by atoms with E-state index in [2.05, 4.69) is 25.0 Å². The highest BCUT2D eigenvalue weighted by Crippen LogP contribution is 2.43. The van der Waals surface area contributed by atoms with Crippen molar-refractivity contribution in [3.8, 4) is 5.75 Å². The van der Waals surface area contributed by atoms with Crippen LogP contribution in [0.15, 0.2) is 78.4 Å². The highest BCUT2D eigenvalue weighted by atomic mass is 31.1. The average Bonchev–Trinajstić information content (AvgIpc) is 3.58. The van der Waals surface area contributed by atoms with Crippen LogP contribution in [-0.2, 0) is 30.0 Å². The zero-order chi connectivity index (χ0) is 31.3. The number of benzene rings is 2. The molecule has 230 valence electrons. The average molecular weight is 626 g/mol. The summed E-state index contributed by atoms with van der Waals surface area (Å²) in [6.45, 7) is 0.557. The van der Waals surface area contributed by atoms with E-state index < -0.39 is 51.0 Å². The molecule has 1 fully saturated rings. The first-order valence-corrected chi connectivity index (χ1v) is 14.4. The molecule has 2 unspecified atom stereocenters. The molecule has 4 aromatic rings. The number of hydroxylamine groups is 1. The van der Waals surface area contributed by atoms with Gasteiger partial charge < -0.3 is 34.8 Å². The van der Waals surface area contributed by atoms with Crippen LogP contribution in [0, 0.1) is 0 Å². The number of aliphatic hydroxyl groups excluding tert-OH is 2. The Labute approximate surface area is 250 Å². The molecule has 5 rings (SSSR count). The smallest absolute Gasteiger partial charge is 0.327 e. The van der Waals surface area contributed by atoms with E-state index in [9.17, 15) is 25.1 Å². The topological polar surface area (TPSA) is 233 Å². The third-order valence-electron chi connectivity index (χ3n) is 6.72. The number of aromatic nitrogens is 4. The maximum Gasteiger partial charge on any atom is 0.327 e. The number of para-hydroxylation sites is 1. The molecular weight excluding hydrogens is 597 g/mol. The van der Waals surface area contributed by atoms with Crippen molar-refractivity contribution >= 4 is 31.1 Å². The Kier molecular flexibility index (Phi) is 9.37. The number of nitrogens with zero attached hydrogens (tertiary/aromatic N) is 8. The van der Waals surface area contributed by atoms with Crippen LogP contribution in [0.4, 0.5) is 5.82 Å². The molecule has 0 amide bonds. The number of nitrogen functional groups attached to an aromatic ring is 1. The highest BCUT2D eigenvalue weighted by molar-refractivity contribution is 7.36. The number of hydrogen-bond acceptors (Lipinski definition) is 13. The number of esters is 1. The van der Waals surface area contributed by atoms with Crippen LogP contribution < -0.4 is 10.6 Å². The van der Waals surface area contributed by atoms with Gasteiger partial charge in [0.1, 0.15) is 42.5 Å². The molecule has 44 heavy (non-hydrogen) atoms. The number of rotatable bonds is 12. The van der Waals surface area contributed by atoms with E-state index in [-0.39, 0.29) is 29.3 Å². The summed E-state index contributed by atoms with van der Waals surface area (Å²) in [6, 6.07) is 16.0. The lowest BCUT2D eigenvalue weighted by molar-refractivity contribution is -0.157. The standard InChI is InChI=1S/C26H28N9O8P/c1-16(25(38)40-12-17-8-4-2-5-9-17)35(43-18-10-6-3-7-11-18)44(39)41-13-26(32-33-28)21(37)20(36)24(42-26)34-15-31-19-22(27)29-14-30-23(19)34/h2-11,14-16,20-21,24,36-37,44H,12-13H2,1H3,(H2,27,29,30)/t16?,20-,21+,24-,26-/m1/s1. The molecule has 1 aliphatic heterocycles. The van der Waals surface area contributed by atoms with Gasteiger partial charge in [-0.25, -0.2) is 15.0 Å². The summed E-state index contributed by atoms with van der Waals surface area (Å²) in [5, 5.41) is 25.4. The van der Waals surface area contributed by atoms with Crippen molar-refractivity contribution in [2.24, 2.45) is 5.11 Å².